The predicted octanol–water partition coefficient (Wildman–Crippen LogP) is 4.02. The molecule has 0 unspecified atom stereocenters. The number of benzene rings is 2. The van der Waals surface area contributed by atoms with E-state index in [1.54, 1.807) is 23.9 Å². The quantitative estimate of drug-likeness (QED) is 0.596. The first-order valence-electron chi connectivity index (χ1n) is 11.7. The molecular formula is C27H34N4O2. The van der Waals surface area contributed by atoms with Crippen LogP contribution in [0.3, 0.4) is 0 Å². The summed E-state index contributed by atoms with van der Waals surface area (Å²) in [6.07, 6.45) is 6.02. The lowest BCUT2D eigenvalue weighted by molar-refractivity contribution is -0.129. The SMILES string of the molecule is CN(C)C(=O)CCN1CCC[C@@H]1Cc1c[nH]c2ccc(-c3cccc(C(=O)N(C)C)c3)cc12. The molecule has 0 radical (unpaired) electrons. The molecular weight excluding hydrogens is 412 g/mol. The standard InChI is InChI=1S/C27H34N4O2/c1-29(2)26(32)12-14-31-13-6-9-23(31)16-22-18-28-25-11-10-20(17-24(22)25)19-7-5-8-21(15-19)27(33)30(3)4/h5,7-8,10-11,15,17-18,23,28H,6,9,12-14,16H2,1-4H3/t23-/m1/s1. The third kappa shape index (κ3) is 5.11. The van der Waals surface area contributed by atoms with Crippen molar-refractivity contribution in [2.45, 2.75) is 31.7 Å². The van der Waals surface area contributed by atoms with Crippen molar-refractivity contribution in [2.24, 2.45) is 0 Å². The number of carbonyl (C=O) groups excluding carboxylic acids is 2. The van der Waals surface area contributed by atoms with Crippen molar-refractivity contribution in [2.75, 3.05) is 41.3 Å². The summed E-state index contributed by atoms with van der Waals surface area (Å²) in [6.45, 7) is 1.88. The molecule has 0 saturated carbocycles. The van der Waals surface area contributed by atoms with Crippen LogP contribution >= 0.6 is 0 Å². The highest BCUT2D eigenvalue weighted by Gasteiger charge is 2.26. The second-order valence-electron chi connectivity index (χ2n) is 9.43. The Morgan fingerprint density at radius 3 is 2.58 bits per heavy atom. The highest BCUT2D eigenvalue weighted by atomic mass is 16.2. The van der Waals surface area contributed by atoms with Gasteiger partial charge in [-0.2, -0.15) is 0 Å². The van der Waals surface area contributed by atoms with Crippen LogP contribution in [-0.4, -0.2) is 78.8 Å². The van der Waals surface area contributed by atoms with Gasteiger partial charge in [0.25, 0.3) is 5.91 Å². The Balaban J connectivity index is 1.55. The molecule has 6 nitrogen and oxygen atoms in total. The highest BCUT2D eigenvalue weighted by Crippen LogP contribution is 2.30. The molecule has 1 fully saturated rings. The van der Waals surface area contributed by atoms with Crippen LogP contribution in [0, 0.1) is 0 Å². The number of nitrogens with one attached hydrogen (secondary N) is 1. The van der Waals surface area contributed by atoms with E-state index in [1.807, 2.05) is 32.3 Å². The van der Waals surface area contributed by atoms with Crippen molar-refractivity contribution < 1.29 is 9.59 Å². The normalized spacial score (nSPS) is 16.3. The molecule has 2 aromatic carbocycles. The fraction of sp³-hybridized carbons (Fsp3) is 0.407. The Hall–Kier alpha value is -3.12. The molecule has 33 heavy (non-hydrogen) atoms. The van der Waals surface area contributed by atoms with E-state index in [0.29, 0.717) is 18.0 Å². The fourth-order valence-corrected chi connectivity index (χ4v) is 4.75. The number of hydrogen-bond acceptors (Lipinski definition) is 3. The molecule has 2 amide bonds. The first-order valence-corrected chi connectivity index (χ1v) is 11.7. The van der Waals surface area contributed by atoms with Crippen molar-refractivity contribution in [3.63, 3.8) is 0 Å². The van der Waals surface area contributed by atoms with Crippen molar-refractivity contribution in [3.05, 3.63) is 59.8 Å². The predicted molar refractivity (Wildman–Crippen MR) is 133 cm³/mol. The largest absolute Gasteiger partial charge is 0.361 e. The van der Waals surface area contributed by atoms with Crippen LogP contribution in [0.25, 0.3) is 22.0 Å². The number of carbonyl (C=O) groups is 2. The van der Waals surface area contributed by atoms with E-state index in [1.165, 1.54) is 17.4 Å². The maximum Gasteiger partial charge on any atom is 0.253 e. The van der Waals surface area contributed by atoms with E-state index in [9.17, 15) is 9.59 Å². The van der Waals surface area contributed by atoms with Gasteiger partial charge < -0.3 is 14.8 Å². The maximum atomic E-state index is 12.4. The zero-order valence-electron chi connectivity index (χ0n) is 20.1. The summed E-state index contributed by atoms with van der Waals surface area (Å²) in [5.74, 6) is 0.196. The Morgan fingerprint density at radius 2 is 1.82 bits per heavy atom. The topological polar surface area (TPSA) is 59.7 Å². The van der Waals surface area contributed by atoms with Crippen LogP contribution in [0.5, 0.6) is 0 Å². The van der Waals surface area contributed by atoms with Gasteiger partial charge in [0, 0.05) is 69.9 Å². The molecule has 4 rings (SSSR count). The average molecular weight is 447 g/mol. The van der Waals surface area contributed by atoms with Crippen molar-refractivity contribution in [1.82, 2.24) is 19.7 Å². The van der Waals surface area contributed by atoms with Crippen LogP contribution in [0.1, 0.15) is 35.2 Å². The molecule has 1 saturated heterocycles. The van der Waals surface area contributed by atoms with Crippen LogP contribution in [0.4, 0.5) is 0 Å². The molecule has 0 bridgehead atoms. The lowest BCUT2D eigenvalue weighted by atomic mass is 9.98. The molecule has 1 atom stereocenters. The number of amides is 2. The average Bonchev–Trinajstić information content (AvgIpc) is 3.43. The zero-order valence-corrected chi connectivity index (χ0v) is 20.1. The summed E-state index contributed by atoms with van der Waals surface area (Å²) in [4.78, 5) is 33.6. The Morgan fingerprint density at radius 1 is 1.03 bits per heavy atom. The van der Waals surface area contributed by atoms with Crippen molar-refractivity contribution in [1.29, 1.82) is 0 Å². The second kappa shape index (κ2) is 9.79. The van der Waals surface area contributed by atoms with Crippen LogP contribution in [0.2, 0.25) is 0 Å². The third-order valence-corrected chi connectivity index (χ3v) is 6.68. The molecule has 3 aromatic rings. The third-order valence-electron chi connectivity index (χ3n) is 6.68. The minimum Gasteiger partial charge on any atom is -0.361 e. The lowest BCUT2D eigenvalue weighted by Crippen LogP contribution is -2.35. The van der Waals surface area contributed by atoms with Crippen LogP contribution in [-0.2, 0) is 11.2 Å². The lowest BCUT2D eigenvalue weighted by Gasteiger charge is -2.24. The van der Waals surface area contributed by atoms with E-state index in [0.717, 1.165) is 42.6 Å². The number of likely N-dealkylation sites (tertiary alicyclic amines) is 1. The number of aromatic amines is 1. The summed E-state index contributed by atoms with van der Waals surface area (Å²) >= 11 is 0. The van der Waals surface area contributed by atoms with E-state index < -0.39 is 0 Å². The van der Waals surface area contributed by atoms with E-state index in [2.05, 4.69) is 40.3 Å². The number of hydrogen-bond donors (Lipinski definition) is 1. The molecule has 174 valence electrons. The molecule has 1 N–H and O–H groups in total. The summed E-state index contributed by atoms with van der Waals surface area (Å²) in [5.41, 5.74) is 5.28. The van der Waals surface area contributed by atoms with Gasteiger partial charge in [-0.15, -0.1) is 0 Å². The van der Waals surface area contributed by atoms with Gasteiger partial charge >= 0.3 is 0 Å². The zero-order chi connectivity index (χ0) is 23.5. The van der Waals surface area contributed by atoms with Crippen LogP contribution < -0.4 is 0 Å². The van der Waals surface area contributed by atoms with Gasteiger partial charge in [-0.05, 0) is 66.8 Å². The number of H-pyrrole nitrogens is 1. The first kappa shape index (κ1) is 23.1. The maximum absolute atomic E-state index is 12.4. The highest BCUT2D eigenvalue weighted by molar-refractivity contribution is 5.96. The summed E-state index contributed by atoms with van der Waals surface area (Å²) < 4.78 is 0. The number of aromatic nitrogens is 1. The first-order chi connectivity index (χ1) is 15.8. The van der Waals surface area contributed by atoms with Crippen molar-refractivity contribution >= 4 is 22.7 Å². The minimum absolute atomic E-state index is 0.00864. The molecule has 0 spiro atoms. The Labute approximate surface area is 196 Å². The number of fused-ring (bicyclic) bond motifs is 1. The molecule has 1 aliphatic rings. The number of nitrogens with zero attached hydrogens (tertiary/aromatic N) is 3. The molecule has 0 aliphatic carbocycles. The molecule has 1 aromatic heterocycles. The fourth-order valence-electron chi connectivity index (χ4n) is 4.75. The van der Waals surface area contributed by atoms with Gasteiger partial charge in [0.1, 0.15) is 0 Å². The van der Waals surface area contributed by atoms with Gasteiger partial charge in [0.2, 0.25) is 5.91 Å². The summed E-state index contributed by atoms with van der Waals surface area (Å²) in [7, 11) is 7.19. The van der Waals surface area contributed by atoms with Gasteiger partial charge in [0.15, 0.2) is 0 Å². The molecule has 1 aliphatic heterocycles. The van der Waals surface area contributed by atoms with Crippen molar-refractivity contribution in [3.8, 4) is 11.1 Å². The van der Waals surface area contributed by atoms with E-state index in [4.69, 9.17) is 0 Å². The van der Waals surface area contributed by atoms with Crippen LogP contribution in [0.15, 0.2) is 48.7 Å². The number of rotatable bonds is 7. The Kier molecular flexibility index (Phi) is 6.84. The molecule has 6 heteroatoms. The monoisotopic (exact) mass is 446 g/mol. The van der Waals surface area contributed by atoms with Gasteiger partial charge in [-0.1, -0.05) is 18.2 Å². The summed E-state index contributed by atoms with van der Waals surface area (Å²) in [5, 5.41) is 1.23. The van der Waals surface area contributed by atoms with Gasteiger partial charge in [-0.3, -0.25) is 14.5 Å². The van der Waals surface area contributed by atoms with Gasteiger partial charge in [-0.25, -0.2) is 0 Å². The van der Waals surface area contributed by atoms with E-state index >= 15 is 0 Å². The van der Waals surface area contributed by atoms with Gasteiger partial charge in [0.05, 0.1) is 0 Å². The molecule has 2 heterocycles. The Bertz CT molecular complexity index is 1150. The summed E-state index contributed by atoms with van der Waals surface area (Å²) in [6, 6.07) is 14.8. The smallest absolute Gasteiger partial charge is 0.253 e. The second-order valence-corrected chi connectivity index (χ2v) is 9.43. The minimum atomic E-state index is 0.00864. The van der Waals surface area contributed by atoms with E-state index in [-0.39, 0.29) is 11.8 Å².